The fourth-order valence-electron chi connectivity index (χ4n) is 4.07. The summed E-state index contributed by atoms with van der Waals surface area (Å²) in [6.45, 7) is 3.74. The molecule has 1 aromatic heterocycles. The number of carbonyl (C=O) groups is 2. The molecule has 0 unspecified atom stereocenters. The first kappa shape index (κ1) is 22.6. The smallest absolute Gasteiger partial charge is 0.294 e. The summed E-state index contributed by atoms with van der Waals surface area (Å²) in [6.07, 6.45) is 2.60. The summed E-state index contributed by atoms with van der Waals surface area (Å²) in [6, 6.07) is 15.8. The minimum Gasteiger partial charge on any atom is -0.459 e. The number of carbonyl (C=O) groups excluding carboxylic acids is 2. The fourth-order valence-corrected chi connectivity index (χ4v) is 4.57. The van der Waals surface area contributed by atoms with Crippen LogP contribution >= 0.6 is 0 Å². The van der Waals surface area contributed by atoms with Crippen molar-refractivity contribution in [3.63, 3.8) is 0 Å². The number of anilines is 3. The maximum absolute atomic E-state index is 13.2. The molecule has 0 aliphatic carbocycles. The molecule has 0 N–H and O–H groups in total. The van der Waals surface area contributed by atoms with E-state index in [-0.39, 0.29) is 23.6 Å². The Morgan fingerprint density at radius 3 is 2.27 bits per heavy atom. The van der Waals surface area contributed by atoms with Crippen LogP contribution in [0.15, 0.2) is 65.3 Å². The summed E-state index contributed by atoms with van der Waals surface area (Å²) >= 11 is 0. The number of benzene rings is 2. The molecule has 9 heteroatoms. The van der Waals surface area contributed by atoms with E-state index < -0.39 is 10.0 Å². The Bertz CT molecular complexity index is 1300. The molecule has 3 aromatic rings. The minimum absolute atomic E-state index is 0.102. The molecule has 2 aromatic carbocycles. The number of amides is 2. The number of hydrogen-bond donors (Lipinski definition) is 0. The van der Waals surface area contributed by atoms with E-state index in [9.17, 15) is 18.0 Å². The number of rotatable bonds is 4. The van der Waals surface area contributed by atoms with Crippen molar-refractivity contribution >= 4 is 38.9 Å². The summed E-state index contributed by atoms with van der Waals surface area (Å²) in [5, 5.41) is 0. The standard InChI is InChI=1S/C24H25N3O5S/c1-16-15-26(24(29)23-6-5-13-32-23)22-14-19(9-12-21(22)27(16)17(2)28)18-7-10-20(11-8-18)25(3)33(4,30)31/h5-14,16H,15H2,1-4H3/t16-/m0/s1. The summed E-state index contributed by atoms with van der Waals surface area (Å²) in [5.74, 6) is -0.156. The lowest BCUT2D eigenvalue weighted by Crippen LogP contribution is -2.51. The SMILES string of the molecule is CC(=O)N1c2ccc(-c3ccc(N(C)S(C)(=O)=O)cc3)cc2N(C(=O)c2ccco2)C[C@@H]1C. The molecule has 0 saturated heterocycles. The average molecular weight is 468 g/mol. The Morgan fingerprint density at radius 2 is 1.70 bits per heavy atom. The van der Waals surface area contributed by atoms with Crippen LogP contribution in [0.5, 0.6) is 0 Å². The Balaban J connectivity index is 1.77. The zero-order valence-electron chi connectivity index (χ0n) is 18.8. The first-order valence-electron chi connectivity index (χ1n) is 10.4. The average Bonchev–Trinajstić information content (AvgIpc) is 3.31. The second-order valence-electron chi connectivity index (χ2n) is 8.11. The van der Waals surface area contributed by atoms with Crippen LogP contribution in [-0.4, -0.2) is 46.1 Å². The van der Waals surface area contributed by atoms with E-state index in [0.717, 1.165) is 17.4 Å². The van der Waals surface area contributed by atoms with Crippen molar-refractivity contribution in [1.29, 1.82) is 0 Å². The summed E-state index contributed by atoms with van der Waals surface area (Å²) in [4.78, 5) is 28.9. The topological polar surface area (TPSA) is 91.1 Å². The number of fused-ring (bicyclic) bond motifs is 1. The highest BCUT2D eigenvalue weighted by Gasteiger charge is 2.35. The molecule has 0 radical (unpaired) electrons. The molecule has 0 fully saturated rings. The van der Waals surface area contributed by atoms with Crippen LogP contribution in [0.3, 0.4) is 0 Å². The number of hydrogen-bond acceptors (Lipinski definition) is 5. The highest BCUT2D eigenvalue weighted by atomic mass is 32.2. The van der Waals surface area contributed by atoms with Crippen LogP contribution in [-0.2, 0) is 14.8 Å². The third-order valence-corrected chi connectivity index (χ3v) is 7.00. The fraction of sp³-hybridized carbons (Fsp3) is 0.250. The number of furan rings is 1. The maximum Gasteiger partial charge on any atom is 0.294 e. The van der Waals surface area contributed by atoms with Gasteiger partial charge in [0.05, 0.1) is 35.6 Å². The van der Waals surface area contributed by atoms with Gasteiger partial charge in [-0.1, -0.05) is 18.2 Å². The van der Waals surface area contributed by atoms with Gasteiger partial charge in [0.2, 0.25) is 15.9 Å². The van der Waals surface area contributed by atoms with Crippen molar-refractivity contribution in [3.8, 4) is 11.1 Å². The second-order valence-corrected chi connectivity index (χ2v) is 10.1. The summed E-state index contributed by atoms with van der Waals surface area (Å²) in [7, 11) is -1.86. The molecule has 172 valence electrons. The first-order valence-corrected chi connectivity index (χ1v) is 12.3. The zero-order chi connectivity index (χ0) is 23.9. The summed E-state index contributed by atoms with van der Waals surface area (Å²) < 4.78 is 30.1. The van der Waals surface area contributed by atoms with E-state index in [1.165, 1.54) is 24.5 Å². The molecule has 8 nitrogen and oxygen atoms in total. The molecule has 4 rings (SSSR count). The number of nitrogens with zero attached hydrogens (tertiary/aromatic N) is 3. The van der Waals surface area contributed by atoms with Crippen LogP contribution < -0.4 is 14.1 Å². The van der Waals surface area contributed by atoms with Gasteiger partial charge in [0, 0.05) is 20.5 Å². The molecule has 2 heterocycles. The normalized spacial score (nSPS) is 15.8. The van der Waals surface area contributed by atoms with Crippen LogP contribution in [0, 0.1) is 0 Å². The lowest BCUT2D eigenvalue weighted by atomic mass is 10.00. The predicted octanol–water partition coefficient (Wildman–Crippen LogP) is 3.74. The van der Waals surface area contributed by atoms with Gasteiger partial charge in [-0.25, -0.2) is 8.42 Å². The third-order valence-electron chi connectivity index (χ3n) is 5.79. The van der Waals surface area contributed by atoms with Crippen molar-refractivity contribution < 1.29 is 22.4 Å². The molecule has 1 atom stereocenters. The van der Waals surface area contributed by atoms with Gasteiger partial charge >= 0.3 is 0 Å². The van der Waals surface area contributed by atoms with E-state index in [1.807, 2.05) is 37.3 Å². The van der Waals surface area contributed by atoms with Gasteiger partial charge in [-0.05, 0) is 54.4 Å². The molecule has 1 aliphatic rings. The Morgan fingerprint density at radius 1 is 1.03 bits per heavy atom. The van der Waals surface area contributed by atoms with Gasteiger partial charge in [-0.15, -0.1) is 0 Å². The Labute approximate surface area is 193 Å². The lowest BCUT2D eigenvalue weighted by Gasteiger charge is -2.40. The first-order chi connectivity index (χ1) is 15.6. The quantitative estimate of drug-likeness (QED) is 0.583. The molecule has 0 bridgehead atoms. The van der Waals surface area contributed by atoms with Crippen molar-refractivity contribution in [1.82, 2.24) is 0 Å². The Kier molecular flexibility index (Phi) is 5.75. The van der Waals surface area contributed by atoms with Crippen LogP contribution in [0.4, 0.5) is 17.1 Å². The van der Waals surface area contributed by atoms with Gasteiger partial charge < -0.3 is 14.2 Å². The maximum atomic E-state index is 13.2. The highest BCUT2D eigenvalue weighted by Crippen LogP contribution is 2.39. The van der Waals surface area contributed by atoms with Crippen LogP contribution in [0.1, 0.15) is 24.4 Å². The van der Waals surface area contributed by atoms with Crippen LogP contribution in [0.2, 0.25) is 0 Å². The molecule has 0 spiro atoms. The second kappa shape index (κ2) is 8.40. The predicted molar refractivity (Wildman–Crippen MR) is 128 cm³/mol. The number of sulfonamides is 1. The van der Waals surface area contributed by atoms with Crippen molar-refractivity contribution in [2.45, 2.75) is 19.9 Å². The molecular weight excluding hydrogens is 442 g/mol. The lowest BCUT2D eigenvalue weighted by molar-refractivity contribution is -0.117. The van der Waals surface area contributed by atoms with Crippen molar-refractivity contribution in [2.24, 2.45) is 0 Å². The molecule has 0 saturated carbocycles. The van der Waals surface area contributed by atoms with Gasteiger partial charge in [0.15, 0.2) is 5.76 Å². The van der Waals surface area contributed by atoms with E-state index in [2.05, 4.69) is 0 Å². The zero-order valence-corrected chi connectivity index (χ0v) is 19.7. The Hall–Kier alpha value is -3.59. The van der Waals surface area contributed by atoms with E-state index in [0.29, 0.717) is 23.6 Å². The third kappa shape index (κ3) is 4.23. The largest absolute Gasteiger partial charge is 0.459 e. The molecule has 2 amide bonds. The minimum atomic E-state index is -3.36. The van der Waals surface area contributed by atoms with Gasteiger partial charge in [0.1, 0.15) is 0 Å². The van der Waals surface area contributed by atoms with E-state index >= 15 is 0 Å². The van der Waals surface area contributed by atoms with Gasteiger partial charge in [-0.3, -0.25) is 13.9 Å². The van der Waals surface area contributed by atoms with Crippen LogP contribution in [0.25, 0.3) is 11.1 Å². The highest BCUT2D eigenvalue weighted by molar-refractivity contribution is 7.92. The summed E-state index contributed by atoms with van der Waals surface area (Å²) in [5.41, 5.74) is 3.49. The van der Waals surface area contributed by atoms with Gasteiger partial charge in [0.25, 0.3) is 5.91 Å². The molecule has 1 aliphatic heterocycles. The molecular formula is C24H25N3O5S. The molecule has 33 heavy (non-hydrogen) atoms. The van der Waals surface area contributed by atoms with Gasteiger partial charge in [-0.2, -0.15) is 0 Å². The van der Waals surface area contributed by atoms with Crippen molar-refractivity contribution in [2.75, 3.05) is 34.0 Å². The van der Waals surface area contributed by atoms with Crippen molar-refractivity contribution in [3.05, 3.63) is 66.6 Å². The van der Waals surface area contributed by atoms with E-state index in [4.69, 9.17) is 4.42 Å². The van der Waals surface area contributed by atoms with E-state index in [1.54, 1.807) is 34.1 Å². The monoisotopic (exact) mass is 467 g/mol.